The highest BCUT2D eigenvalue weighted by atomic mass is 19.4. The fraction of sp³-hybridized carbons (Fsp3) is 0.278. The second-order valence-electron chi connectivity index (χ2n) is 6.15. The fourth-order valence-corrected chi connectivity index (χ4v) is 2.20. The molecule has 2 rings (SSSR count). The van der Waals surface area contributed by atoms with Gasteiger partial charge in [0.25, 0.3) is 0 Å². The molecule has 0 heterocycles. The number of guanidine groups is 1. The van der Waals surface area contributed by atoms with E-state index in [-0.39, 0.29) is 12.5 Å². The highest BCUT2D eigenvalue weighted by Crippen LogP contribution is 2.32. The first-order valence-corrected chi connectivity index (χ1v) is 7.48. The van der Waals surface area contributed by atoms with Gasteiger partial charge in [-0.05, 0) is 23.8 Å². The number of alkyl halides is 3. The molecule has 3 N–H and O–H groups in total. The molecule has 0 bridgehead atoms. The topological polar surface area (TPSA) is 50.4 Å². The Bertz CT molecular complexity index is 707. The van der Waals surface area contributed by atoms with Crippen LogP contribution in [0.5, 0.6) is 0 Å². The summed E-state index contributed by atoms with van der Waals surface area (Å²) in [6.45, 7) is 3.93. The number of halogens is 3. The van der Waals surface area contributed by atoms with E-state index in [1.54, 1.807) is 6.07 Å². The van der Waals surface area contributed by atoms with Crippen molar-refractivity contribution >= 4 is 11.6 Å². The van der Waals surface area contributed by atoms with Gasteiger partial charge in [-0.15, -0.1) is 0 Å². The maximum Gasteiger partial charge on any atom is 0.416 e. The van der Waals surface area contributed by atoms with Crippen molar-refractivity contribution < 1.29 is 13.2 Å². The zero-order valence-corrected chi connectivity index (χ0v) is 13.6. The summed E-state index contributed by atoms with van der Waals surface area (Å²) in [5.41, 5.74) is 5.98. The van der Waals surface area contributed by atoms with Gasteiger partial charge in [-0.1, -0.05) is 50.2 Å². The van der Waals surface area contributed by atoms with Crippen molar-refractivity contribution in [3.05, 3.63) is 65.7 Å². The number of rotatable bonds is 4. The van der Waals surface area contributed by atoms with Gasteiger partial charge in [0, 0.05) is 11.1 Å². The molecule has 0 aliphatic heterocycles. The van der Waals surface area contributed by atoms with Crippen molar-refractivity contribution in [3.63, 3.8) is 0 Å². The molecule has 0 unspecified atom stereocenters. The van der Waals surface area contributed by atoms with E-state index in [0.717, 1.165) is 17.8 Å². The second-order valence-corrected chi connectivity index (χ2v) is 6.15. The first kappa shape index (κ1) is 17.8. The molecule has 0 atom stereocenters. The summed E-state index contributed by atoms with van der Waals surface area (Å²) in [6, 6.07) is 14.6. The molecule has 0 spiro atoms. The number of anilines is 1. The molecule has 6 heteroatoms. The summed E-state index contributed by atoms with van der Waals surface area (Å²) in [7, 11) is 0. The molecule has 0 amide bonds. The van der Waals surface area contributed by atoms with Crippen molar-refractivity contribution in [2.24, 2.45) is 10.7 Å². The maximum atomic E-state index is 12.9. The van der Waals surface area contributed by atoms with Crippen LogP contribution in [0.1, 0.15) is 25.0 Å². The van der Waals surface area contributed by atoms with Gasteiger partial charge in [0.2, 0.25) is 0 Å². The summed E-state index contributed by atoms with van der Waals surface area (Å²) < 4.78 is 38.6. The average molecular weight is 335 g/mol. The third-order valence-electron chi connectivity index (χ3n) is 3.66. The molecule has 0 saturated heterocycles. The summed E-state index contributed by atoms with van der Waals surface area (Å²) in [4.78, 5) is 4.26. The van der Waals surface area contributed by atoms with Crippen LogP contribution in [0.3, 0.4) is 0 Å². The van der Waals surface area contributed by atoms with E-state index in [9.17, 15) is 13.2 Å². The van der Waals surface area contributed by atoms with Gasteiger partial charge < -0.3 is 11.1 Å². The third kappa shape index (κ3) is 4.75. The van der Waals surface area contributed by atoms with Crippen LogP contribution in [0.25, 0.3) is 0 Å². The summed E-state index contributed by atoms with van der Waals surface area (Å²) in [6.07, 6.45) is -4.36. The van der Waals surface area contributed by atoms with Crippen LogP contribution in [0.4, 0.5) is 18.9 Å². The van der Waals surface area contributed by atoms with Crippen molar-refractivity contribution in [2.45, 2.75) is 25.4 Å². The maximum absolute atomic E-state index is 12.9. The average Bonchev–Trinajstić information content (AvgIpc) is 2.53. The highest BCUT2D eigenvalue weighted by molar-refractivity contribution is 5.92. The van der Waals surface area contributed by atoms with Gasteiger partial charge in [-0.25, -0.2) is 0 Å². The smallest absolute Gasteiger partial charge is 0.370 e. The van der Waals surface area contributed by atoms with E-state index in [4.69, 9.17) is 5.73 Å². The molecule has 0 fully saturated rings. The number of hydrogen-bond donors (Lipinski definition) is 2. The molecule has 0 saturated carbocycles. The predicted molar refractivity (Wildman–Crippen MR) is 91.0 cm³/mol. The van der Waals surface area contributed by atoms with Crippen LogP contribution in [-0.4, -0.2) is 12.5 Å². The molecule has 2 aromatic rings. The summed E-state index contributed by atoms with van der Waals surface area (Å²) in [5.74, 6) is 0.223. The Morgan fingerprint density at radius 2 is 1.62 bits per heavy atom. The van der Waals surface area contributed by atoms with E-state index in [0.29, 0.717) is 5.56 Å². The Balaban J connectivity index is 2.12. The normalized spacial score (nSPS) is 13.0. The third-order valence-corrected chi connectivity index (χ3v) is 3.66. The molecular formula is C18H20F3N3. The Labute approximate surface area is 139 Å². The second kappa shape index (κ2) is 6.95. The minimum atomic E-state index is -4.36. The summed E-state index contributed by atoms with van der Waals surface area (Å²) in [5, 5.41) is 2.95. The number of para-hydroxylation sites is 1. The lowest BCUT2D eigenvalue weighted by Crippen LogP contribution is -2.28. The van der Waals surface area contributed by atoms with Crippen LogP contribution < -0.4 is 11.1 Å². The number of nitrogens with one attached hydrogen (secondary N) is 1. The number of aliphatic imine (C=N–C) groups is 1. The molecule has 0 radical (unpaired) electrons. The van der Waals surface area contributed by atoms with Crippen molar-refractivity contribution in [3.8, 4) is 0 Å². The van der Waals surface area contributed by atoms with Gasteiger partial charge in [0.1, 0.15) is 0 Å². The van der Waals surface area contributed by atoms with E-state index >= 15 is 0 Å². The standard InChI is InChI=1S/C18H20F3N3/c1-17(2,13-7-6-8-14(11-13)18(19,20)21)12-23-16(22)24-15-9-4-3-5-10-15/h3-11H,12H2,1-2H3,(H3,22,23,24). The summed E-state index contributed by atoms with van der Waals surface area (Å²) >= 11 is 0. The Hall–Kier alpha value is -2.50. The van der Waals surface area contributed by atoms with Crippen LogP contribution >= 0.6 is 0 Å². The van der Waals surface area contributed by atoms with Crippen LogP contribution in [0, 0.1) is 0 Å². The number of nitrogens with two attached hydrogens (primary N) is 1. The van der Waals surface area contributed by atoms with Gasteiger partial charge >= 0.3 is 6.18 Å². The van der Waals surface area contributed by atoms with Gasteiger partial charge in [-0.3, -0.25) is 4.99 Å². The first-order valence-electron chi connectivity index (χ1n) is 7.48. The van der Waals surface area contributed by atoms with Gasteiger partial charge in [0.15, 0.2) is 5.96 Å². The number of nitrogens with zero attached hydrogens (tertiary/aromatic N) is 1. The van der Waals surface area contributed by atoms with E-state index in [1.165, 1.54) is 6.07 Å². The monoisotopic (exact) mass is 335 g/mol. The van der Waals surface area contributed by atoms with Crippen LogP contribution in [0.2, 0.25) is 0 Å². The quantitative estimate of drug-likeness (QED) is 0.642. The lowest BCUT2D eigenvalue weighted by Gasteiger charge is -2.24. The molecule has 24 heavy (non-hydrogen) atoms. The molecule has 128 valence electrons. The zero-order chi connectivity index (χ0) is 17.8. The van der Waals surface area contributed by atoms with Gasteiger partial charge in [-0.2, -0.15) is 13.2 Å². The molecule has 0 aliphatic carbocycles. The van der Waals surface area contributed by atoms with E-state index in [2.05, 4.69) is 10.3 Å². The number of benzene rings is 2. The minimum absolute atomic E-state index is 0.223. The van der Waals surface area contributed by atoms with Crippen molar-refractivity contribution in [1.29, 1.82) is 0 Å². The molecular weight excluding hydrogens is 315 g/mol. The predicted octanol–water partition coefficient (Wildman–Crippen LogP) is 4.41. The lowest BCUT2D eigenvalue weighted by molar-refractivity contribution is -0.137. The Kier molecular flexibility index (Phi) is 5.17. The zero-order valence-electron chi connectivity index (χ0n) is 13.6. The largest absolute Gasteiger partial charge is 0.416 e. The molecule has 3 nitrogen and oxygen atoms in total. The highest BCUT2D eigenvalue weighted by Gasteiger charge is 2.32. The molecule has 2 aromatic carbocycles. The van der Waals surface area contributed by atoms with Crippen molar-refractivity contribution in [2.75, 3.05) is 11.9 Å². The van der Waals surface area contributed by atoms with Gasteiger partial charge in [0.05, 0.1) is 12.1 Å². The lowest BCUT2D eigenvalue weighted by atomic mass is 9.84. The molecule has 0 aromatic heterocycles. The number of hydrogen-bond acceptors (Lipinski definition) is 1. The Morgan fingerprint density at radius 3 is 2.25 bits per heavy atom. The minimum Gasteiger partial charge on any atom is -0.370 e. The van der Waals surface area contributed by atoms with Crippen LogP contribution in [-0.2, 0) is 11.6 Å². The van der Waals surface area contributed by atoms with E-state index < -0.39 is 17.2 Å². The Morgan fingerprint density at radius 1 is 1.00 bits per heavy atom. The first-order chi connectivity index (χ1) is 11.2. The molecule has 0 aliphatic rings. The fourth-order valence-electron chi connectivity index (χ4n) is 2.20. The van der Waals surface area contributed by atoms with Crippen molar-refractivity contribution in [1.82, 2.24) is 0 Å². The van der Waals surface area contributed by atoms with E-state index in [1.807, 2.05) is 44.2 Å². The van der Waals surface area contributed by atoms with Crippen LogP contribution in [0.15, 0.2) is 59.6 Å². The SMILES string of the molecule is CC(C)(CN=C(N)Nc1ccccc1)c1cccc(C(F)(F)F)c1.